The number of thiophene rings is 1. The summed E-state index contributed by atoms with van der Waals surface area (Å²) in [5.41, 5.74) is 1.06. The number of furan rings is 1. The van der Waals surface area contributed by atoms with E-state index in [-0.39, 0.29) is 35.1 Å². The maximum atomic E-state index is 13.2. The van der Waals surface area contributed by atoms with Crippen LogP contribution in [0.5, 0.6) is 0 Å². The minimum atomic E-state index is -3.09. The summed E-state index contributed by atoms with van der Waals surface area (Å²) in [4.78, 5) is 29.9. The molecule has 0 aromatic carbocycles. The van der Waals surface area contributed by atoms with E-state index >= 15 is 0 Å². The Morgan fingerprint density at radius 1 is 1.06 bits per heavy atom. The Hall–Kier alpha value is -2.92. The van der Waals surface area contributed by atoms with Gasteiger partial charge in [-0.05, 0) is 36.1 Å². The lowest BCUT2D eigenvalue weighted by Gasteiger charge is -2.33. The standard InChI is InChI=1S/C21H22N4O5S2/c26-20(23-6-8-24(9-7-23)21(27)18-3-1-10-30-18)16-13-17(19-4-2-11-31-19)25(22-16)15-5-12-32(28,29)14-15/h1-4,10-11,13,15H,5-9,12,14H2. The highest BCUT2D eigenvalue weighted by atomic mass is 32.2. The van der Waals surface area contributed by atoms with E-state index in [1.54, 1.807) is 32.7 Å². The largest absolute Gasteiger partial charge is 0.459 e. The second kappa shape index (κ2) is 8.21. The molecule has 11 heteroatoms. The molecule has 3 aromatic heterocycles. The molecule has 0 spiro atoms. The second-order valence-corrected chi connectivity index (χ2v) is 11.1. The van der Waals surface area contributed by atoms with Crippen LogP contribution in [0.15, 0.2) is 46.4 Å². The van der Waals surface area contributed by atoms with E-state index in [9.17, 15) is 18.0 Å². The van der Waals surface area contributed by atoms with E-state index in [0.717, 1.165) is 10.6 Å². The van der Waals surface area contributed by atoms with E-state index in [4.69, 9.17) is 4.42 Å². The Kier molecular flexibility index (Phi) is 5.38. The third-order valence-corrected chi connectivity index (χ3v) is 8.51. The average molecular weight is 475 g/mol. The van der Waals surface area contributed by atoms with Crippen LogP contribution in [0.4, 0.5) is 0 Å². The molecule has 1 atom stereocenters. The molecule has 2 saturated heterocycles. The van der Waals surface area contributed by atoms with E-state index in [1.165, 1.54) is 17.6 Å². The van der Waals surface area contributed by atoms with E-state index in [0.29, 0.717) is 38.3 Å². The van der Waals surface area contributed by atoms with Crippen molar-refractivity contribution >= 4 is 33.0 Å². The zero-order chi connectivity index (χ0) is 22.3. The van der Waals surface area contributed by atoms with Crippen molar-refractivity contribution in [1.82, 2.24) is 19.6 Å². The van der Waals surface area contributed by atoms with Gasteiger partial charge in [0.2, 0.25) is 0 Å². The fourth-order valence-electron chi connectivity index (χ4n) is 4.18. The highest BCUT2D eigenvalue weighted by Gasteiger charge is 2.33. The van der Waals surface area contributed by atoms with Crippen molar-refractivity contribution in [3.63, 3.8) is 0 Å². The average Bonchev–Trinajstić information content (AvgIpc) is 3.59. The van der Waals surface area contributed by atoms with Gasteiger partial charge in [-0.25, -0.2) is 8.42 Å². The zero-order valence-corrected chi connectivity index (χ0v) is 18.8. The van der Waals surface area contributed by atoms with Gasteiger partial charge in [0.05, 0.1) is 34.4 Å². The van der Waals surface area contributed by atoms with E-state index < -0.39 is 9.84 Å². The van der Waals surface area contributed by atoms with Crippen LogP contribution >= 0.6 is 11.3 Å². The molecule has 5 heterocycles. The molecule has 0 aliphatic carbocycles. The first-order valence-electron chi connectivity index (χ1n) is 10.4. The first-order valence-corrected chi connectivity index (χ1v) is 13.1. The number of carbonyl (C=O) groups is 2. The van der Waals surface area contributed by atoms with Crippen molar-refractivity contribution in [2.75, 3.05) is 37.7 Å². The van der Waals surface area contributed by atoms with Crippen LogP contribution in [0, 0.1) is 0 Å². The van der Waals surface area contributed by atoms with Gasteiger partial charge < -0.3 is 14.2 Å². The number of nitrogens with zero attached hydrogens (tertiary/aromatic N) is 4. The van der Waals surface area contributed by atoms with Gasteiger partial charge in [-0.2, -0.15) is 5.10 Å². The fraction of sp³-hybridized carbons (Fsp3) is 0.381. The number of amides is 2. The van der Waals surface area contributed by atoms with Crippen LogP contribution in [-0.2, 0) is 9.84 Å². The van der Waals surface area contributed by atoms with Crippen molar-refractivity contribution in [1.29, 1.82) is 0 Å². The minimum Gasteiger partial charge on any atom is -0.459 e. The topological polar surface area (TPSA) is 106 Å². The molecule has 9 nitrogen and oxygen atoms in total. The Morgan fingerprint density at radius 2 is 1.81 bits per heavy atom. The molecule has 3 aromatic rings. The van der Waals surface area contributed by atoms with Crippen molar-refractivity contribution in [2.24, 2.45) is 0 Å². The minimum absolute atomic E-state index is 0.0360. The Morgan fingerprint density at radius 3 is 2.41 bits per heavy atom. The molecule has 0 radical (unpaired) electrons. The summed E-state index contributed by atoms with van der Waals surface area (Å²) in [6, 6.07) is 8.63. The van der Waals surface area contributed by atoms with Crippen molar-refractivity contribution < 1.29 is 22.4 Å². The third-order valence-electron chi connectivity index (χ3n) is 5.87. The molecule has 2 aliphatic heterocycles. The normalized spacial score (nSPS) is 20.6. The van der Waals surface area contributed by atoms with E-state index in [2.05, 4.69) is 5.10 Å². The van der Waals surface area contributed by atoms with Crippen LogP contribution in [0.2, 0.25) is 0 Å². The molecule has 2 amide bonds. The van der Waals surface area contributed by atoms with Gasteiger partial charge in [-0.15, -0.1) is 11.3 Å². The highest BCUT2D eigenvalue weighted by molar-refractivity contribution is 7.91. The van der Waals surface area contributed by atoms with Gasteiger partial charge in [0.25, 0.3) is 11.8 Å². The number of aromatic nitrogens is 2. The smallest absolute Gasteiger partial charge is 0.289 e. The summed E-state index contributed by atoms with van der Waals surface area (Å²) >= 11 is 1.52. The summed E-state index contributed by atoms with van der Waals surface area (Å²) in [6.45, 7) is 1.60. The lowest BCUT2D eigenvalue weighted by atomic mass is 10.2. The first kappa shape index (κ1) is 21.0. The summed E-state index contributed by atoms with van der Waals surface area (Å²) < 4.78 is 30.9. The van der Waals surface area contributed by atoms with Gasteiger partial charge in [0.1, 0.15) is 0 Å². The quantitative estimate of drug-likeness (QED) is 0.574. The van der Waals surface area contributed by atoms with Gasteiger partial charge in [-0.1, -0.05) is 6.07 Å². The van der Waals surface area contributed by atoms with Crippen molar-refractivity contribution in [2.45, 2.75) is 12.5 Å². The van der Waals surface area contributed by atoms with Crippen molar-refractivity contribution in [3.05, 3.63) is 53.4 Å². The number of hydrogen-bond donors (Lipinski definition) is 0. The molecule has 5 rings (SSSR count). The molecule has 32 heavy (non-hydrogen) atoms. The Bertz CT molecular complexity index is 1220. The van der Waals surface area contributed by atoms with Crippen LogP contribution in [-0.4, -0.2) is 77.5 Å². The molecular formula is C21H22N4O5S2. The number of hydrogen-bond acceptors (Lipinski definition) is 7. The maximum absolute atomic E-state index is 13.2. The van der Waals surface area contributed by atoms with Gasteiger partial charge >= 0.3 is 0 Å². The Labute approximate surface area is 189 Å². The summed E-state index contributed by atoms with van der Waals surface area (Å²) in [7, 11) is -3.09. The first-order chi connectivity index (χ1) is 15.4. The van der Waals surface area contributed by atoms with Crippen LogP contribution in [0.25, 0.3) is 10.6 Å². The maximum Gasteiger partial charge on any atom is 0.289 e. The van der Waals surface area contributed by atoms with Gasteiger partial charge in [0.15, 0.2) is 21.3 Å². The predicted molar refractivity (Wildman–Crippen MR) is 118 cm³/mol. The summed E-state index contributed by atoms with van der Waals surface area (Å²) in [5, 5.41) is 6.50. The molecule has 2 aliphatic rings. The van der Waals surface area contributed by atoms with Gasteiger partial charge in [-0.3, -0.25) is 14.3 Å². The number of piperazine rings is 1. The fourth-order valence-corrected chi connectivity index (χ4v) is 6.61. The zero-order valence-electron chi connectivity index (χ0n) is 17.2. The van der Waals surface area contributed by atoms with Gasteiger partial charge in [0, 0.05) is 26.2 Å². The van der Waals surface area contributed by atoms with Crippen molar-refractivity contribution in [3.8, 4) is 10.6 Å². The van der Waals surface area contributed by atoms with Crippen LogP contribution in [0.3, 0.4) is 0 Å². The SMILES string of the molecule is O=C(c1cc(-c2cccs2)n(C2CCS(=O)(=O)C2)n1)N1CCN(C(=O)c2ccco2)CC1. The molecule has 0 N–H and O–H groups in total. The van der Waals surface area contributed by atoms with Crippen LogP contribution in [0.1, 0.15) is 33.5 Å². The number of rotatable bonds is 4. The van der Waals surface area contributed by atoms with E-state index in [1.807, 2.05) is 17.5 Å². The lowest BCUT2D eigenvalue weighted by molar-refractivity contribution is 0.0514. The molecule has 1 unspecified atom stereocenters. The predicted octanol–water partition coefficient (Wildman–Crippen LogP) is 2.16. The molecular weight excluding hydrogens is 452 g/mol. The molecule has 168 valence electrons. The highest BCUT2D eigenvalue weighted by Crippen LogP contribution is 2.32. The third kappa shape index (κ3) is 3.97. The Balaban J connectivity index is 1.34. The number of carbonyl (C=O) groups excluding carboxylic acids is 2. The monoisotopic (exact) mass is 474 g/mol. The molecule has 0 bridgehead atoms. The second-order valence-electron chi connectivity index (χ2n) is 7.96. The molecule has 0 saturated carbocycles. The number of sulfone groups is 1. The summed E-state index contributed by atoms with van der Waals surface area (Å²) in [5.74, 6) is 0.0573. The van der Waals surface area contributed by atoms with Crippen LogP contribution < -0.4 is 0 Å². The molecule has 2 fully saturated rings. The summed E-state index contributed by atoms with van der Waals surface area (Å²) in [6.07, 6.45) is 1.95. The lowest BCUT2D eigenvalue weighted by Crippen LogP contribution is -2.50.